The standard InChI is InChI=1S/C11H21NO2S/c1-2-3-8-15-9-11(13)12-14-10-6-4-5-7-10/h10H,2-9H2,1H3,(H,12,13). The summed E-state index contributed by atoms with van der Waals surface area (Å²) < 4.78 is 0. The van der Waals surface area contributed by atoms with Crippen LogP contribution >= 0.6 is 11.8 Å². The van der Waals surface area contributed by atoms with E-state index in [0.29, 0.717) is 5.75 Å². The maximum atomic E-state index is 11.3. The molecule has 0 spiro atoms. The molecule has 1 aliphatic rings. The number of amides is 1. The Kier molecular flexibility index (Phi) is 6.85. The zero-order valence-corrected chi connectivity index (χ0v) is 10.3. The fraction of sp³-hybridized carbons (Fsp3) is 0.909. The van der Waals surface area contributed by atoms with Crippen molar-refractivity contribution in [3.8, 4) is 0 Å². The molecule has 0 saturated heterocycles. The van der Waals surface area contributed by atoms with E-state index in [1.165, 1.54) is 25.7 Å². The molecule has 0 bridgehead atoms. The second-order valence-electron chi connectivity index (χ2n) is 3.96. The molecule has 0 heterocycles. The Labute approximate surface area is 96.3 Å². The summed E-state index contributed by atoms with van der Waals surface area (Å²) in [4.78, 5) is 16.6. The summed E-state index contributed by atoms with van der Waals surface area (Å²) >= 11 is 1.68. The van der Waals surface area contributed by atoms with E-state index in [9.17, 15) is 4.79 Å². The average Bonchev–Trinajstić information content (AvgIpc) is 2.74. The largest absolute Gasteiger partial charge is 0.272 e. The molecule has 4 heteroatoms. The van der Waals surface area contributed by atoms with E-state index in [2.05, 4.69) is 12.4 Å². The fourth-order valence-corrected chi connectivity index (χ4v) is 2.48. The van der Waals surface area contributed by atoms with Gasteiger partial charge in [-0.3, -0.25) is 9.63 Å². The number of unbranched alkanes of at least 4 members (excludes halogenated alkanes) is 1. The molecule has 1 N–H and O–H groups in total. The van der Waals surface area contributed by atoms with Crippen molar-refractivity contribution in [3.63, 3.8) is 0 Å². The first-order valence-corrected chi connectivity index (χ1v) is 7.00. The van der Waals surface area contributed by atoms with Gasteiger partial charge in [-0.15, -0.1) is 0 Å². The number of hydrogen-bond acceptors (Lipinski definition) is 3. The number of thioether (sulfide) groups is 1. The van der Waals surface area contributed by atoms with Crippen LogP contribution in [-0.2, 0) is 9.63 Å². The molecule has 1 fully saturated rings. The second-order valence-corrected chi connectivity index (χ2v) is 5.06. The SMILES string of the molecule is CCCCSCC(=O)NOC1CCCC1. The quantitative estimate of drug-likeness (QED) is 0.540. The van der Waals surface area contributed by atoms with Gasteiger partial charge < -0.3 is 0 Å². The smallest absolute Gasteiger partial charge is 0.253 e. The normalized spacial score (nSPS) is 16.9. The van der Waals surface area contributed by atoms with E-state index in [1.54, 1.807) is 11.8 Å². The van der Waals surface area contributed by atoms with Crippen LogP contribution in [0.1, 0.15) is 45.4 Å². The van der Waals surface area contributed by atoms with E-state index in [4.69, 9.17) is 4.84 Å². The maximum absolute atomic E-state index is 11.3. The van der Waals surface area contributed by atoms with Crippen LogP contribution in [0.15, 0.2) is 0 Å². The van der Waals surface area contributed by atoms with Crippen LogP contribution < -0.4 is 5.48 Å². The van der Waals surface area contributed by atoms with Gasteiger partial charge in [-0.05, 0) is 25.0 Å². The third-order valence-corrected chi connectivity index (χ3v) is 3.56. The Bertz CT molecular complexity index is 181. The Morgan fingerprint density at radius 1 is 1.47 bits per heavy atom. The zero-order chi connectivity index (χ0) is 10.9. The topological polar surface area (TPSA) is 38.3 Å². The van der Waals surface area contributed by atoms with Crippen molar-refractivity contribution in [3.05, 3.63) is 0 Å². The van der Waals surface area contributed by atoms with Gasteiger partial charge in [0.2, 0.25) is 0 Å². The van der Waals surface area contributed by atoms with Crippen molar-refractivity contribution in [2.24, 2.45) is 0 Å². The summed E-state index contributed by atoms with van der Waals surface area (Å²) in [5, 5.41) is 0. The minimum Gasteiger partial charge on any atom is -0.272 e. The van der Waals surface area contributed by atoms with Crippen LogP contribution in [0, 0.1) is 0 Å². The highest BCUT2D eigenvalue weighted by Gasteiger charge is 2.16. The van der Waals surface area contributed by atoms with Crippen LogP contribution in [0.4, 0.5) is 0 Å². The summed E-state index contributed by atoms with van der Waals surface area (Å²) in [5.74, 6) is 1.59. The number of hydroxylamine groups is 1. The summed E-state index contributed by atoms with van der Waals surface area (Å²) in [7, 11) is 0. The molecule has 0 radical (unpaired) electrons. The molecule has 1 saturated carbocycles. The van der Waals surface area contributed by atoms with E-state index in [1.807, 2.05) is 0 Å². The number of carbonyl (C=O) groups is 1. The van der Waals surface area contributed by atoms with Gasteiger partial charge in [-0.25, -0.2) is 5.48 Å². The van der Waals surface area contributed by atoms with Crippen molar-refractivity contribution < 1.29 is 9.63 Å². The molecule has 88 valence electrons. The van der Waals surface area contributed by atoms with Gasteiger partial charge in [0.15, 0.2) is 0 Å². The lowest BCUT2D eigenvalue weighted by Gasteiger charge is -2.10. The lowest BCUT2D eigenvalue weighted by atomic mass is 10.3. The summed E-state index contributed by atoms with van der Waals surface area (Å²) in [6, 6.07) is 0. The number of hydrogen-bond donors (Lipinski definition) is 1. The molecular weight excluding hydrogens is 210 g/mol. The molecule has 1 aliphatic carbocycles. The molecule has 0 aromatic heterocycles. The Morgan fingerprint density at radius 2 is 2.20 bits per heavy atom. The molecule has 1 rings (SSSR count). The molecule has 3 nitrogen and oxygen atoms in total. The minimum absolute atomic E-state index is 0.00278. The van der Waals surface area contributed by atoms with Crippen molar-refractivity contribution in [1.82, 2.24) is 5.48 Å². The Hall–Kier alpha value is -0.220. The summed E-state index contributed by atoms with van der Waals surface area (Å²) in [5.41, 5.74) is 2.54. The van der Waals surface area contributed by atoms with Crippen molar-refractivity contribution in [2.75, 3.05) is 11.5 Å². The molecule has 0 unspecified atom stereocenters. The summed E-state index contributed by atoms with van der Waals surface area (Å²) in [6.07, 6.45) is 7.26. The maximum Gasteiger partial charge on any atom is 0.253 e. The highest BCUT2D eigenvalue weighted by Crippen LogP contribution is 2.19. The van der Waals surface area contributed by atoms with Crippen LogP contribution in [0.2, 0.25) is 0 Å². The van der Waals surface area contributed by atoms with E-state index >= 15 is 0 Å². The van der Waals surface area contributed by atoms with Crippen LogP contribution in [0.5, 0.6) is 0 Å². The van der Waals surface area contributed by atoms with E-state index in [0.717, 1.165) is 18.6 Å². The molecule has 1 amide bonds. The molecule has 0 atom stereocenters. The van der Waals surface area contributed by atoms with Crippen molar-refractivity contribution in [1.29, 1.82) is 0 Å². The monoisotopic (exact) mass is 231 g/mol. The molecule has 0 aromatic rings. The van der Waals surface area contributed by atoms with Crippen molar-refractivity contribution >= 4 is 17.7 Å². The first kappa shape index (κ1) is 12.8. The molecule has 0 aromatic carbocycles. The third-order valence-electron chi connectivity index (χ3n) is 2.52. The third kappa shape index (κ3) is 6.05. The minimum atomic E-state index is 0.00278. The van der Waals surface area contributed by atoms with Crippen LogP contribution in [0.3, 0.4) is 0 Å². The molecular formula is C11H21NO2S. The van der Waals surface area contributed by atoms with Gasteiger partial charge in [0.05, 0.1) is 11.9 Å². The molecule has 15 heavy (non-hydrogen) atoms. The number of rotatable bonds is 7. The highest BCUT2D eigenvalue weighted by atomic mass is 32.2. The lowest BCUT2D eigenvalue weighted by Crippen LogP contribution is -2.29. The van der Waals surface area contributed by atoms with Gasteiger partial charge in [-0.1, -0.05) is 26.2 Å². The highest BCUT2D eigenvalue weighted by molar-refractivity contribution is 7.99. The predicted molar refractivity (Wildman–Crippen MR) is 63.7 cm³/mol. The Morgan fingerprint density at radius 3 is 2.87 bits per heavy atom. The van der Waals surface area contributed by atoms with Gasteiger partial charge >= 0.3 is 0 Å². The first-order chi connectivity index (χ1) is 7.33. The average molecular weight is 231 g/mol. The predicted octanol–water partition coefficient (Wildman–Crippen LogP) is 2.51. The molecule has 0 aliphatic heterocycles. The van der Waals surface area contributed by atoms with E-state index < -0.39 is 0 Å². The van der Waals surface area contributed by atoms with Gasteiger partial charge in [0, 0.05) is 0 Å². The lowest BCUT2D eigenvalue weighted by molar-refractivity contribution is -0.135. The summed E-state index contributed by atoms with van der Waals surface area (Å²) in [6.45, 7) is 2.16. The Balaban J connectivity index is 1.93. The van der Waals surface area contributed by atoms with Gasteiger partial charge in [0.1, 0.15) is 0 Å². The first-order valence-electron chi connectivity index (χ1n) is 5.85. The van der Waals surface area contributed by atoms with E-state index in [-0.39, 0.29) is 12.0 Å². The van der Waals surface area contributed by atoms with Gasteiger partial charge in [-0.2, -0.15) is 11.8 Å². The van der Waals surface area contributed by atoms with Crippen LogP contribution in [-0.4, -0.2) is 23.5 Å². The fourth-order valence-electron chi connectivity index (χ4n) is 1.60. The number of carbonyl (C=O) groups excluding carboxylic acids is 1. The van der Waals surface area contributed by atoms with Crippen LogP contribution in [0.25, 0.3) is 0 Å². The van der Waals surface area contributed by atoms with Gasteiger partial charge in [0.25, 0.3) is 5.91 Å². The van der Waals surface area contributed by atoms with Crippen molar-refractivity contribution in [2.45, 2.75) is 51.6 Å². The zero-order valence-electron chi connectivity index (χ0n) is 9.46. The second kappa shape index (κ2) is 7.99. The number of nitrogens with one attached hydrogen (secondary N) is 1.